The van der Waals surface area contributed by atoms with E-state index in [4.69, 9.17) is 5.84 Å². The van der Waals surface area contributed by atoms with Crippen molar-refractivity contribution in [3.05, 3.63) is 48.9 Å². The molecule has 0 fully saturated rings. The van der Waals surface area contributed by atoms with Gasteiger partial charge in [0.05, 0.1) is 18.4 Å². The zero-order valence-electron chi connectivity index (χ0n) is 9.34. The highest BCUT2D eigenvalue weighted by atomic mass is 32.1. The number of amides is 1. The molecule has 2 heterocycles. The van der Waals surface area contributed by atoms with Crippen molar-refractivity contribution < 1.29 is 9.18 Å². The highest BCUT2D eigenvalue weighted by Gasteiger charge is 2.11. The standard InChI is InChI=1S/C9H8FN5O3S/c10-5-2-15(9(18)13-6(5)16)1-4-3-19-8(12-4)7(17)14-11/h2-3H,1,11H2,(H,14,17)(H,13,16,18). The third-order valence-corrected chi connectivity index (χ3v) is 3.07. The van der Waals surface area contributed by atoms with Gasteiger partial charge in [0.2, 0.25) is 5.82 Å². The third-order valence-electron chi connectivity index (χ3n) is 2.18. The predicted molar refractivity (Wildman–Crippen MR) is 64.2 cm³/mol. The molecule has 0 bridgehead atoms. The van der Waals surface area contributed by atoms with E-state index in [1.807, 2.05) is 10.4 Å². The van der Waals surface area contributed by atoms with Crippen molar-refractivity contribution in [1.29, 1.82) is 0 Å². The molecule has 19 heavy (non-hydrogen) atoms. The molecule has 0 aliphatic rings. The van der Waals surface area contributed by atoms with Crippen LogP contribution in [0.25, 0.3) is 0 Å². The van der Waals surface area contributed by atoms with E-state index in [-0.39, 0.29) is 11.6 Å². The van der Waals surface area contributed by atoms with E-state index in [0.29, 0.717) is 5.69 Å². The number of halogens is 1. The number of rotatable bonds is 3. The molecule has 2 aromatic heterocycles. The molecule has 0 unspecified atom stereocenters. The first kappa shape index (κ1) is 13.1. The number of aromatic nitrogens is 3. The number of hydrogen-bond donors (Lipinski definition) is 3. The molecule has 0 saturated carbocycles. The minimum absolute atomic E-state index is 0.0686. The highest BCUT2D eigenvalue weighted by molar-refractivity contribution is 7.11. The van der Waals surface area contributed by atoms with Crippen LogP contribution < -0.4 is 22.5 Å². The number of aromatic amines is 1. The van der Waals surface area contributed by atoms with Crippen LogP contribution >= 0.6 is 11.3 Å². The summed E-state index contributed by atoms with van der Waals surface area (Å²) in [6, 6.07) is 0. The van der Waals surface area contributed by atoms with Crippen LogP contribution in [0.1, 0.15) is 15.5 Å². The molecule has 0 atom stereocenters. The Bertz CT molecular complexity index is 734. The van der Waals surface area contributed by atoms with Crippen LogP contribution in [0.4, 0.5) is 4.39 Å². The number of carbonyl (C=O) groups is 1. The van der Waals surface area contributed by atoms with Gasteiger partial charge in [-0.25, -0.2) is 15.6 Å². The summed E-state index contributed by atoms with van der Waals surface area (Å²) in [4.78, 5) is 39.2. The first-order valence-electron chi connectivity index (χ1n) is 4.96. The summed E-state index contributed by atoms with van der Waals surface area (Å²) in [5.41, 5.74) is 0.451. The van der Waals surface area contributed by atoms with Gasteiger partial charge in [-0.1, -0.05) is 0 Å². The maximum Gasteiger partial charge on any atom is 0.328 e. The molecule has 0 radical (unpaired) electrons. The minimum Gasteiger partial charge on any atom is -0.292 e. The monoisotopic (exact) mass is 285 g/mol. The van der Waals surface area contributed by atoms with Crippen molar-refractivity contribution in [3.63, 3.8) is 0 Å². The lowest BCUT2D eigenvalue weighted by Gasteiger charge is -2.01. The third kappa shape index (κ3) is 2.74. The summed E-state index contributed by atoms with van der Waals surface area (Å²) in [5, 5.41) is 1.65. The van der Waals surface area contributed by atoms with E-state index in [0.717, 1.165) is 22.1 Å². The first-order chi connectivity index (χ1) is 9.01. The van der Waals surface area contributed by atoms with Crippen molar-refractivity contribution in [2.75, 3.05) is 0 Å². The summed E-state index contributed by atoms with van der Waals surface area (Å²) >= 11 is 1.03. The second kappa shape index (κ2) is 5.12. The van der Waals surface area contributed by atoms with E-state index in [1.54, 1.807) is 0 Å². The van der Waals surface area contributed by atoms with Crippen LogP contribution in [-0.2, 0) is 6.54 Å². The molecule has 0 saturated heterocycles. The Hall–Kier alpha value is -2.33. The van der Waals surface area contributed by atoms with Crippen molar-refractivity contribution in [2.45, 2.75) is 6.54 Å². The molecular formula is C9H8FN5O3S. The van der Waals surface area contributed by atoms with E-state index in [1.165, 1.54) is 5.38 Å². The first-order valence-corrected chi connectivity index (χ1v) is 5.84. The van der Waals surface area contributed by atoms with E-state index < -0.39 is 23.0 Å². The number of hydrazine groups is 1. The van der Waals surface area contributed by atoms with Gasteiger partial charge in [0.25, 0.3) is 11.5 Å². The van der Waals surface area contributed by atoms with E-state index >= 15 is 0 Å². The molecule has 0 aromatic carbocycles. The summed E-state index contributed by atoms with van der Waals surface area (Å²) in [6.07, 6.45) is 0.781. The van der Waals surface area contributed by atoms with Crippen LogP contribution in [0.3, 0.4) is 0 Å². The van der Waals surface area contributed by atoms with Crippen LogP contribution in [0.5, 0.6) is 0 Å². The van der Waals surface area contributed by atoms with Crippen molar-refractivity contribution in [1.82, 2.24) is 20.0 Å². The molecule has 0 aliphatic carbocycles. The molecule has 1 amide bonds. The molecule has 2 rings (SSSR count). The van der Waals surface area contributed by atoms with Crippen molar-refractivity contribution >= 4 is 17.2 Å². The average molecular weight is 285 g/mol. The summed E-state index contributed by atoms with van der Waals surface area (Å²) in [7, 11) is 0. The molecule has 0 spiro atoms. The molecular weight excluding hydrogens is 277 g/mol. The van der Waals surface area contributed by atoms with Crippen molar-refractivity contribution in [3.8, 4) is 0 Å². The SMILES string of the molecule is NNC(=O)c1nc(Cn2cc(F)c(=O)[nH]c2=O)cs1. The summed E-state index contributed by atoms with van der Waals surface area (Å²) in [6.45, 7) is -0.0686. The van der Waals surface area contributed by atoms with Crippen LogP contribution in [-0.4, -0.2) is 20.4 Å². The van der Waals surface area contributed by atoms with Crippen LogP contribution in [0, 0.1) is 5.82 Å². The van der Waals surface area contributed by atoms with E-state index in [2.05, 4.69) is 4.98 Å². The van der Waals surface area contributed by atoms with Gasteiger partial charge in [-0.15, -0.1) is 11.3 Å². The number of carbonyl (C=O) groups excluding carboxylic acids is 1. The summed E-state index contributed by atoms with van der Waals surface area (Å²) in [5.74, 6) is 3.32. The molecule has 100 valence electrons. The Kier molecular flexibility index (Phi) is 3.53. The zero-order valence-corrected chi connectivity index (χ0v) is 10.2. The normalized spacial score (nSPS) is 10.4. The maximum atomic E-state index is 13.0. The van der Waals surface area contributed by atoms with Gasteiger partial charge >= 0.3 is 5.69 Å². The van der Waals surface area contributed by atoms with Gasteiger partial charge in [-0.05, 0) is 0 Å². The predicted octanol–water partition coefficient (Wildman–Crippen LogP) is -1.22. The number of nitrogens with two attached hydrogens (primary N) is 1. The molecule has 0 aliphatic heterocycles. The lowest BCUT2D eigenvalue weighted by molar-refractivity contribution is 0.0953. The maximum absolute atomic E-state index is 13.0. The summed E-state index contributed by atoms with van der Waals surface area (Å²) < 4.78 is 14.0. The zero-order chi connectivity index (χ0) is 14.0. The molecule has 8 nitrogen and oxygen atoms in total. The molecule has 10 heteroatoms. The van der Waals surface area contributed by atoms with Crippen LogP contribution in [0.15, 0.2) is 21.2 Å². The van der Waals surface area contributed by atoms with Gasteiger partial charge in [-0.3, -0.25) is 24.6 Å². The second-order valence-corrected chi connectivity index (χ2v) is 4.34. The average Bonchev–Trinajstić information content (AvgIpc) is 2.83. The van der Waals surface area contributed by atoms with Crippen LogP contribution in [0.2, 0.25) is 0 Å². The number of H-pyrrole nitrogens is 1. The lowest BCUT2D eigenvalue weighted by atomic mass is 10.4. The number of nitrogens with zero attached hydrogens (tertiary/aromatic N) is 2. The minimum atomic E-state index is -1.08. The van der Waals surface area contributed by atoms with Gasteiger partial charge in [0.1, 0.15) is 0 Å². The van der Waals surface area contributed by atoms with Crippen molar-refractivity contribution in [2.24, 2.45) is 5.84 Å². The number of nitrogens with one attached hydrogen (secondary N) is 2. The topological polar surface area (TPSA) is 123 Å². The smallest absolute Gasteiger partial charge is 0.292 e. The molecule has 4 N–H and O–H groups in total. The number of thiazole rings is 1. The Balaban J connectivity index is 2.29. The Morgan fingerprint density at radius 1 is 1.58 bits per heavy atom. The van der Waals surface area contributed by atoms with E-state index in [9.17, 15) is 18.8 Å². The fraction of sp³-hybridized carbons (Fsp3) is 0.111. The Morgan fingerprint density at radius 3 is 3.00 bits per heavy atom. The quantitative estimate of drug-likeness (QED) is 0.371. The fourth-order valence-electron chi connectivity index (χ4n) is 1.32. The Labute approximate surface area is 108 Å². The van der Waals surface area contributed by atoms with Gasteiger partial charge in [0.15, 0.2) is 5.01 Å². The fourth-order valence-corrected chi connectivity index (χ4v) is 2.03. The number of hydrogen-bond acceptors (Lipinski definition) is 6. The number of nitrogen functional groups attached to an aromatic ring is 1. The highest BCUT2D eigenvalue weighted by Crippen LogP contribution is 2.10. The van der Waals surface area contributed by atoms with Gasteiger partial charge in [0, 0.05) is 5.38 Å². The lowest BCUT2D eigenvalue weighted by Crippen LogP contribution is -2.32. The largest absolute Gasteiger partial charge is 0.328 e. The van der Waals surface area contributed by atoms with Gasteiger partial charge < -0.3 is 0 Å². The van der Waals surface area contributed by atoms with Gasteiger partial charge in [-0.2, -0.15) is 4.39 Å². The Morgan fingerprint density at radius 2 is 2.32 bits per heavy atom. The molecule has 2 aromatic rings. The second-order valence-electron chi connectivity index (χ2n) is 3.48.